The lowest BCUT2D eigenvalue weighted by atomic mass is 10.5. The zero-order valence-electron chi connectivity index (χ0n) is 12.2. The van der Waals surface area contributed by atoms with E-state index >= 15 is 0 Å². The van der Waals surface area contributed by atoms with E-state index in [4.69, 9.17) is 46.4 Å². The van der Waals surface area contributed by atoms with Gasteiger partial charge in [0, 0.05) is 52.4 Å². The fourth-order valence-corrected chi connectivity index (χ4v) is 2.25. The Morgan fingerprint density at radius 1 is 0.409 bits per heavy atom. The Labute approximate surface area is 151 Å². The van der Waals surface area contributed by atoms with Crippen molar-refractivity contribution in [2.75, 3.05) is 52.4 Å². The standard InChI is InChI=1S/C12H22Cl4N6/c13-9-10(14)21-7-3-18-4-8-22-12(16)11(15)20-6-2-17-1-5-19-9/h17-22H,1-8H2/b10-9-,12-11-. The highest BCUT2D eigenvalue weighted by molar-refractivity contribution is 6.39. The molecule has 6 N–H and O–H groups in total. The Kier molecular flexibility index (Phi) is 11.0. The summed E-state index contributed by atoms with van der Waals surface area (Å²) in [5, 5.41) is 20.3. The highest BCUT2D eigenvalue weighted by Gasteiger charge is 2.03. The quantitative estimate of drug-likeness (QED) is 0.342. The molecule has 128 valence electrons. The second kappa shape index (κ2) is 12.2. The third-order valence-corrected chi connectivity index (χ3v) is 4.20. The Bertz CT molecular complexity index is 320. The zero-order chi connectivity index (χ0) is 16.2. The van der Waals surface area contributed by atoms with Gasteiger partial charge in [0.05, 0.1) is 0 Å². The van der Waals surface area contributed by atoms with E-state index < -0.39 is 0 Å². The Hall–Kier alpha value is -0.240. The van der Waals surface area contributed by atoms with E-state index in [-0.39, 0.29) is 0 Å². The summed E-state index contributed by atoms with van der Waals surface area (Å²) in [5.41, 5.74) is 0. The van der Waals surface area contributed by atoms with Gasteiger partial charge in [-0.15, -0.1) is 0 Å². The van der Waals surface area contributed by atoms with Gasteiger partial charge in [-0.05, 0) is 0 Å². The molecule has 10 heteroatoms. The van der Waals surface area contributed by atoms with Gasteiger partial charge in [-0.3, -0.25) is 0 Å². The van der Waals surface area contributed by atoms with Crippen molar-refractivity contribution in [3.8, 4) is 0 Å². The Balaban J connectivity index is 2.44. The maximum absolute atomic E-state index is 6.04. The largest absolute Gasteiger partial charge is 0.372 e. The molecule has 0 aromatic rings. The first-order chi connectivity index (χ1) is 10.6. The smallest absolute Gasteiger partial charge is 0.137 e. The van der Waals surface area contributed by atoms with Crippen molar-refractivity contribution in [1.82, 2.24) is 31.9 Å². The molecule has 1 aliphatic rings. The van der Waals surface area contributed by atoms with Gasteiger partial charge in [0.25, 0.3) is 0 Å². The fraction of sp³-hybridized carbons (Fsp3) is 0.667. The normalized spacial score (nSPS) is 27.5. The van der Waals surface area contributed by atoms with Crippen molar-refractivity contribution in [2.24, 2.45) is 0 Å². The molecule has 6 nitrogen and oxygen atoms in total. The summed E-state index contributed by atoms with van der Waals surface area (Å²) in [7, 11) is 0. The molecule has 0 aromatic heterocycles. The molecule has 0 saturated heterocycles. The second-order valence-electron chi connectivity index (χ2n) is 4.46. The lowest BCUT2D eigenvalue weighted by Gasteiger charge is -2.13. The number of hydrogen-bond donors (Lipinski definition) is 6. The monoisotopic (exact) mass is 390 g/mol. The zero-order valence-corrected chi connectivity index (χ0v) is 15.2. The molecule has 1 aliphatic heterocycles. The van der Waals surface area contributed by atoms with Crippen LogP contribution < -0.4 is 31.9 Å². The van der Waals surface area contributed by atoms with Crippen LogP contribution in [0, 0.1) is 0 Å². The molecular formula is C12H22Cl4N6. The first-order valence-electron chi connectivity index (χ1n) is 7.08. The molecule has 22 heavy (non-hydrogen) atoms. The van der Waals surface area contributed by atoms with E-state index in [1.165, 1.54) is 0 Å². The van der Waals surface area contributed by atoms with Crippen LogP contribution in [0.5, 0.6) is 0 Å². The van der Waals surface area contributed by atoms with E-state index in [9.17, 15) is 0 Å². The molecule has 0 radical (unpaired) electrons. The second-order valence-corrected chi connectivity index (χ2v) is 5.97. The number of halogens is 4. The van der Waals surface area contributed by atoms with E-state index in [1.54, 1.807) is 0 Å². The van der Waals surface area contributed by atoms with Crippen molar-refractivity contribution in [3.63, 3.8) is 0 Å². The van der Waals surface area contributed by atoms with Crippen molar-refractivity contribution in [1.29, 1.82) is 0 Å². The van der Waals surface area contributed by atoms with Crippen LogP contribution >= 0.6 is 46.4 Å². The van der Waals surface area contributed by atoms with Crippen molar-refractivity contribution < 1.29 is 0 Å². The summed E-state index contributed by atoms with van der Waals surface area (Å²) in [6.07, 6.45) is 0. The summed E-state index contributed by atoms with van der Waals surface area (Å²) in [6.45, 7) is 5.66. The molecule has 0 spiro atoms. The van der Waals surface area contributed by atoms with Crippen molar-refractivity contribution >= 4 is 46.4 Å². The van der Waals surface area contributed by atoms with Crippen LogP contribution in [0.15, 0.2) is 20.6 Å². The van der Waals surface area contributed by atoms with Gasteiger partial charge in [-0.1, -0.05) is 46.4 Å². The molecule has 1 heterocycles. The van der Waals surface area contributed by atoms with Crippen LogP contribution in [0.25, 0.3) is 0 Å². The maximum atomic E-state index is 6.04. The van der Waals surface area contributed by atoms with Gasteiger partial charge in [0.2, 0.25) is 0 Å². The first-order valence-corrected chi connectivity index (χ1v) is 8.60. The molecule has 0 amide bonds. The predicted octanol–water partition coefficient (Wildman–Crippen LogP) is 0.746. The van der Waals surface area contributed by atoms with Gasteiger partial charge in [0.15, 0.2) is 0 Å². The molecule has 1 rings (SSSR count). The van der Waals surface area contributed by atoms with E-state index in [0.29, 0.717) is 46.8 Å². The average molecular weight is 392 g/mol. The summed E-state index contributed by atoms with van der Waals surface area (Å²) in [5.74, 6) is 0. The number of hydrogen-bond acceptors (Lipinski definition) is 6. The summed E-state index contributed by atoms with van der Waals surface area (Å²) in [4.78, 5) is 0. The molecule has 0 fully saturated rings. The van der Waals surface area contributed by atoms with Gasteiger partial charge >= 0.3 is 0 Å². The van der Waals surface area contributed by atoms with Crippen LogP contribution in [0.1, 0.15) is 0 Å². The molecule has 0 saturated carbocycles. The van der Waals surface area contributed by atoms with Gasteiger partial charge < -0.3 is 31.9 Å². The van der Waals surface area contributed by atoms with Crippen molar-refractivity contribution in [3.05, 3.63) is 20.6 Å². The molecule has 0 bridgehead atoms. The molecule has 0 unspecified atom stereocenters. The van der Waals surface area contributed by atoms with Crippen molar-refractivity contribution in [2.45, 2.75) is 0 Å². The minimum atomic E-state index is 0.419. The van der Waals surface area contributed by atoms with Crippen LogP contribution in [0.3, 0.4) is 0 Å². The van der Waals surface area contributed by atoms with Crippen LogP contribution in [-0.4, -0.2) is 52.4 Å². The summed E-state index contributed by atoms with van der Waals surface area (Å²) >= 11 is 24.2. The lowest BCUT2D eigenvalue weighted by Crippen LogP contribution is -2.34. The highest BCUT2D eigenvalue weighted by Crippen LogP contribution is 2.07. The van der Waals surface area contributed by atoms with E-state index in [0.717, 1.165) is 26.2 Å². The first kappa shape index (κ1) is 19.8. The summed E-state index contributed by atoms with van der Waals surface area (Å²) < 4.78 is 0. The highest BCUT2D eigenvalue weighted by atomic mass is 35.5. The van der Waals surface area contributed by atoms with E-state index in [2.05, 4.69) is 31.9 Å². The van der Waals surface area contributed by atoms with Gasteiger partial charge in [-0.2, -0.15) is 0 Å². The van der Waals surface area contributed by atoms with Crippen LogP contribution in [0.4, 0.5) is 0 Å². The van der Waals surface area contributed by atoms with Crippen LogP contribution in [0.2, 0.25) is 0 Å². The number of nitrogens with one attached hydrogen (secondary N) is 6. The van der Waals surface area contributed by atoms with Crippen LogP contribution in [-0.2, 0) is 0 Å². The van der Waals surface area contributed by atoms with Gasteiger partial charge in [0.1, 0.15) is 20.6 Å². The third kappa shape index (κ3) is 9.02. The minimum absolute atomic E-state index is 0.419. The average Bonchev–Trinajstić information content (AvgIpc) is 2.51. The molecule has 0 aromatic carbocycles. The van der Waals surface area contributed by atoms with Gasteiger partial charge in [-0.25, -0.2) is 0 Å². The molecule has 0 atom stereocenters. The third-order valence-electron chi connectivity index (χ3n) is 2.71. The Morgan fingerprint density at radius 3 is 0.864 bits per heavy atom. The maximum Gasteiger partial charge on any atom is 0.137 e. The lowest BCUT2D eigenvalue weighted by molar-refractivity contribution is 0.621. The Morgan fingerprint density at radius 2 is 0.636 bits per heavy atom. The number of rotatable bonds is 0. The minimum Gasteiger partial charge on any atom is -0.372 e. The fourth-order valence-electron chi connectivity index (χ4n) is 1.60. The summed E-state index contributed by atoms with van der Waals surface area (Å²) in [6, 6.07) is 0. The van der Waals surface area contributed by atoms with E-state index in [1.807, 2.05) is 0 Å². The molecule has 0 aliphatic carbocycles. The SMILES string of the molecule is Cl/C1=C(\Cl)NCCNCCN/C(Cl)=C(/Cl)NCCNCCN1. The topological polar surface area (TPSA) is 72.2 Å². The molecular weight excluding hydrogens is 370 g/mol. The predicted molar refractivity (Wildman–Crippen MR) is 95.2 cm³/mol.